The average molecular weight is 243 g/mol. The molecule has 2 rings (SSSR count). The Labute approximate surface area is 96.1 Å². The van der Waals surface area contributed by atoms with E-state index in [4.69, 9.17) is 0 Å². The van der Waals surface area contributed by atoms with Gasteiger partial charge in [0, 0.05) is 30.4 Å². The summed E-state index contributed by atoms with van der Waals surface area (Å²) in [6, 6.07) is 0. The lowest BCUT2D eigenvalue weighted by atomic mass is 10.1. The van der Waals surface area contributed by atoms with E-state index in [2.05, 4.69) is 30.8 Å². The van der Waals surface area contributed by atoms with Crippen LogP contribution in [0.1, 0.15) is 32.0 Å². The largest absolute Gasteiger partial charge is 0.288 e. The Bertz CT molecular complexity index is 487. The molecule has 1 aliphatic heterocycles. The van der Waals surface area contributed by atoms with E-state index in [9.17, 15) is 8.42 Å². The van der Waals surface area contributed by atoms with Crippen molar-refractivity contribution in [1.82, 2.24) is 14.1 Å². The summed E-state index contributed by atoms with van der Waals surface area (Å²) >= 11 is 0. The topological polar surface area (TPSA) is 55.2 Å². The van der Waals surface area contributed by atoms with Gasteiger partial charge in [0.15, 0.2) is 0 Å². The number of hydrogen-bond donors (Lipinski definition) is 0. The highest BCUT2D eigenvalue weighted by Crippen LogP contribution is 2.28. The van der Waals surface area contributed by atoms with Crippen molar-refractivity contribution >= 4 is 10.0 Å². The molecule has 0 aliphatic carbocycles. The van der Waals surface area contributed by atoms with E-state index in [1.165, 1.54) is 0 Å². The van der Waals surface area contributed by atoms with Crippen molar-refractivity contribution in [3.05, 3.63) is 17.5 Å². The standard InChI is InChI=1S/C10H17N3O2S/c1-10(2,3)12-5-8-6-13(16(4,14)15)11-9(8)7-12/h6H,5,7H2,1-4H3. The van der Waals surface area contributed by atoms with Crippen molar-refractivity contribution in [2.24, 2.45) is 0 Å². The molecule has 0 N–H and O–H groups in total. The second-order valence-corrected chi connectivity index (χ2v) is 7.10. The van der Waals surface area contributed by atoms with E-state index in [-0.39, 0.29) is 5.54 Å². The smallest absolute Gasteiger partial charge is 0.250 e. The quantitative estimate of drug-likeness (QED) is 0.732. The molecule has 1 aromatic rings. The van der Waals surface area contributed by atoms with Gasteiger partial charge in [0.05, 0.1) is 11.9 Å². The first-order valence-electron chi connectivity index (χ1n) is 5.21. The maximum atomic E-state index is 11.3. The monoisotopic (exact) mass is 243 g/mol. The Hall–Kier alpha value is -0.880. The van der Waals surface area contributed by atoms with Gasteiger partial charge in [-0.15, -0.1) is 0 Å². The molecule has 2 heterocycles. The number of hydrogen-bond acceptors (Lipinski definition) is 4. The van der Waals surface area contributed by atoms with E-state index in [1.54, 1.807) is 6.20 Å². The van der Waals surface area contributed by atoms with Gasteiger partial charge >= 0.3 is 0 Å². The molecule has 0 atom stereocenters. The van der Waals surface area contributed by atoms with Crippen LogP contribution in [0, 0.1) is 0 Å². The predicted molar refractivity (Wildman–Crippen MR) is 61.5 cm³/mol. The molecule has 0 fully saturated rings. The fraction of sp³-hybridized carbons (Fsp3) is 0.700. The van der Waals surface area contributed by atoms with Crippen LogP contribution in [0.2, 0.25) is 0 Å². The normalized spacial score (nSPS) is 17.8. The van der Waals surface area contributed by atoms with Crippen LogP contribution < -0.4 is 0 Å². The lowest BCUT2D eigenvalue weighted by Gasteiger charge is -2.31. The third kappa shape index (κ3) is 1.99. The molecule has 0 amide bonds. The van der Waals surface area contributed by atoms with E-state index in [1.807, 2.05) is 0 Å². The van der Waals surface area contributed by atoms with Gasteiger partial charge in [0.25, 0.3) is 10.0 Å². The third-order valence-electron chi connectivity index (χ3n) is 2.85. The second-order valence-electron chi connectivity index (χ2n) is 5.26. The van der Waals surface area contributed by atoms with Crippen LogP contribution >= 0.6 is 0 Å². The van der Waals surface area contributed by atoms with Gasteiger partial charge in [-0.1, -0.05) is 0 Å². The summed E-state index contributed by atoms with van der Waals surface area (Å²) in [4.78, 5) is 2.28. The zero-order valence-electron chi connectivity index (χ0n) is 10.1. The van der Waals surface area contributed by atoms with Crippen LogP contribution in [0.3, 0.4) is 0 Å². The fourth-order valence-electron chi connectivity index (χ4n) is 1.77. The summed E-state index contributed by atoms with van der Waals surface area (Å²) in [6.07, 6.45) is 2.78. The molecule has 6 heteroatoms. The van der Waals surface area contributed by atoms with Crippen molar-refractivity contribution < 1.29 is 8.42 Å². The molecule has 0 saturated carbocycles. The summed E-state index contributed by atoms with van der Waals surface area (Å²) in [7, 11) is -3.25. The third-order valence-corrected chi connectivity index (χ3v) is 3.71. The van der Waals surface area contributed by atoms with Crippen LogP contribution in [0.25, 0.3) is 0 Å². The van der Waals surface area contributed by atoms with Crippen LogP contribution in [0.5, 0.6) is 0 Å². The van der Waals surface area contributed by atoms with Gasteiger partial charge < -0.3 is 0 Å². The highest BCUT2D eigenvalue weighted by molar-refractivity contribution is 7.89. The number of nitrogens with zero attached hydrogens (tertiary/aromatic N) is 3. The fourth-order valence-corrected chi connectivity index (χ4v) is 2.34. The molecule has 16 heavy (non-hydrogen) atoms. The van der Waals surface area contributed by atoms with Crippen LogP contribution in [-0.4, -0.2) is 34.3 Å². The molecule has 1 aromatic heterocycles. The van der Waals surface area contributed by atoms with Gasteiger partial charge in [-0.2, -0.15) is 9.19 Å². The summed E-state index contributed by atoms with van der Waals surface area (Å²) in [5.41, 5.74) is 1.98. The molecule has 0 radical (unpaired) electrons. The average Bonchev–Trinajstić information content (AvgIpc) is 2.53. The maximum Gasteiger partial charge on any atom is 0.250 e. The van der Waals surface area contributed by atoms with Crippen LogP contribution in [0.15, 0.2) is 6.20 Å². The molecule has 0 saturated heterocycles. The zero-order chi connectivity index (χ0) is 12.1. The van der Waals surface area contributed by atoms with Crippen molar-refractivity contribution in [3.8, 4) is 0 Å². The summed E-state index contributed by atoms with van der Waals surface area (Å²) in [5, 5.41) is 4.11. The molecule has 0 bridgehead atoms. The van der Waals surface area contributed by atoms with Gasteiger partial charge in [-0.3, -0.25) is 4.90 Å². The lowest BCUT2D eigenvalue weighted by molar-refractivity contribution is 0.134. The molecular formula is C10H17N3O2S. The summed E-state index contributed by atoms with van der Waals surface area (Å²) in [6.45, 7) is 7.92. The predicted octanol–water partition coefficient (Wildman–Crippen LogP) is 0.805. The van der Waals surface area contributed by atoms with Gasteiger partial charge in [-0.25, -0.2) is 8.42 Å². The van der Waals surface area contributed by atoms with Crippen LogP contribution in [-0.2, 0) is 23.1 Å². The first-order valence-corrected chi connectivity index (χ1v) is 7.06. The minimum absolute atomic E-state index is 0.0869. The molecule has 1 aliphatic rings. The van der Waals surface area contributed by atoms with Crippen molar-refractivity contribution in [1.29, 1.82) is 0 Å². The van der Waals surface area contributed by atoms with E-state index < -0.39 is 10.0 Å². The van der Waals surface area contributed by atoms with Gasteiger partial charge in [-0.05, 0) is 20.8 Å². The summed E-state index contributed by atoms with van der Waals surface area (Å²) in [5.74, 6) is 0. The Kier molecular flexibility index (Phi) is 2.40. The number of rotatable bonds is 1. The first-order chi connectivity index (χ1) is 7.18. The van der Waals surface area contributed by atoms with Gasteiger partial charge in [0.2, 0.25) is 0 Å². The molecule has 5 nitrogen and oxygen atoms in total. The zero-order valence-corrected chi connectivity index (χ0v) is 10.9. The van der Waals surface area contributed by atoms with Crippen molar-refractivity contribution in [2.75, 3.05) is 6.26 Å². The van der Waals surface area contributed by atoms with Crippen molar-refractivity contribution in [3.63, 3.8) is 0 Å². The molecule has 0 aromatic carbocycles. The highest BCUT2D eigenvalue weighted by Gasteiger charge is 2.31. The Balaban J connectivity index is 2.28. The summed E-state index contributed by atoms with van der Waals surface area (Å²) < 4.78 is 23.7. The minimum atomic E-state index is -3.25. The van der Waals surface area contributed by atoms with E-state index in [0.717, 1.165) is 34.7 Å². The molecule has 0 spiro atoms. The highest BCUT2D eigenvalue weighted by atomic mass is 32.2. The van der Waals surface area contributed by atoms with Crippen molar-refractivity contribution in [2.45, 2.75) is 39.4 Å². The number of aromatic nitrogens is 2. The maximum absolute atomic E-state index is 11.3. The Morgan fingerprint density at radius 2 is 1.94 bits per heavy atom. The van der Waals surface area contributed by atoms with Crippen LogP contribution in [0.4, 0.5) is 0 Å². The number of fused-ring (bicyclic) bond motifs is 1. The van der Waals surface area contributed by atoms with E-state index in [0.29, 0.717) is 0 Å². The first kappa shape index (κ1) is 11.6. The molecule has 90 valence electrons. The SMILES string of the molecule is CC(C)(C)N1Cc2cn(S(C)(=O)=O)nc2C1. The lowest BCUT2D eigenvalue weighted by Crippen LogP contribution is -2.37. The van der Waals surface area contributed by atoms with E-state index >= 15 is 0 Å². The second kappa shape index (κ2) is 3.30. The minimum Gasteiger partial charge on any atom is -0.288 e. The molecular weight excluding hydrogens is 226 g/mol. The Morgan fingerprint density at radius 1 is 1.31 bits per heavy atom. The molecule has 0 unspecified atom stereocenters. The van der Waals surface area contributed by atoms with Gasteiger partial charge in [0.1, 0.15) is 0 Å². The Morgan fingerprint density at radius 3 is 2.38 bits per heavy atom.